The largest absolute Gasteiger partial charge is 0.339 e. The van der Waals surface area contributed by atoms with Crippen LogP contribution in [0.1, 0.15) is 12.0 Å². The van der Waals surface area contributed by atoms with Crippen LogP contribution in [0.25, 0.3) is 0 Å². The first-order valence-electron chi connectivity index (χ1n) is 10.1. The third kappa shape index (κ3) is 6.23. The van der Waals surface area contributed by atoms with Crippen molar-refractivity contribution in [3.8, 4) is 0 Å². The maximum atomic E-state index is 13.8. The molecule has 1 heterocycles. The Morgan fingerprint density at radius 1 is 0.939 bits per heavy atom. The second-order valence-corrected chi connectivity index (χ2v) is 9.30. The number of rotatable bonds is 6. The molecular formula is C21H23F3N4O4S. The summed E-state index contributed by atoms with van der Waals surface area (Å²) >= 11 is 0. The number of carbonyl (C=O) groups is 2. The number of nitrogens with zero attached hydrogens (tertiary/aromatic N) is 2. The summed E-state index contributed by atoms with van der Waals surface area (Å²) in [4.78, 5) is 27.5. The van der Waals surface area contributed by atoms with Gasteiger partial charge in [0.1, 0.15) is 5.82 Å². The van der Waals surface area contributed by atoms with Crippen molar-refractivity contribution in [3.63, 3.8) is 0 Å². The van der Waals surface area contributed by atoms with E-state index in [1.165, 1.54) is 34.1 Å². The molecule has 0 spiro atoms. The number of hydrogen-bond donors (Lipinski definition) is 2. The number of nitrogens with two attached hydrogens (primary N) is 1. The third-order valence-electron chi connectivity index (χ3n) is 5.20. The molecule has 0 aromatic heterocycles. The number of hydrogen-bond acceptors (Lipinski definition) is 5. The Bertz CT molecular complexity index is 1120. The highest BCUT2D eigenvalue weighted by Crippen LogP contribution is 2.16. The normalized spacial score (nSPS) is 15.3. The van der Waals surface area contributed by atoms with E-state index in [4.69, 9.17) is 5.73 Å². The number of sulfonamides is 1. The molecule has 3 rings (SSSR count). The molecule has 178 valence electrons. The molecule has 0 radical (unpaired) electrons. The van der Waals surface area contributed by atoms with E-state index in [9.17, 15) is 31.2 Å². The van der Waals surface area contributed by atoms with E-state index in [-0.39, 0.29) is 55.4 Å². The van der Waals surface area contributed by atoms with Gasteiger partial charge in [0.2, 0.25) is 5.91 Å². The van der Waals surface area contributed by atoms with Gasteiger partial charge in [0.05, 0.1) is 4.90 Å². The van der Waals surface area contributed by atoms with Gasteiger partial charge in [-0.05, 0) is 30.2 Å². The summed E-state index contributed by atoms with van der Waals surface area (Å²) in [5.74, 6) is -3.79. The molecule has 3 amide bonds. The maximum Gasteiger partial charge on any atom is 0.331 e. The quantitative estimate of drug-likeness (QED) is 0.605. The Morgan fingerprint density at radius 3 is 2.15 bits per heavy atom. The molecule has 12 heteroatoms. The lowest BCUT2D eigenvalue weighted by Gasteiger charge is -2.35. The van der Waals surface area contributed by atoms with Gasteiger partial charge < -0.3 is 15.5 Å². The minimum absolute atomic E-state index is 0.0429. The standard InChI is InChI=1S/C21H23F3N4O4S/c22-17-13-19(24)18(23)11-14(17)10-15(25)12-20(29)27-6-8-28(9-7-27)21(30)26-33(31,32)16-4-2-1-3-5-16/h1-5,11,13,15H,6-10,12,25H2,(H,26,30)/t15-/m1/s1. The molecule has 1 atom stereocenters. The van der Waals surface area contributed by atoms with Crippen molar-refractivity contribution in [1.82, 2.24) is 14.5 Å². The summed E-state index contributed by atoms with van der Waals surface area (Å²) in [6.07, 6.45) is -0.318. The Hall–Kier alpha value is -3.12. The van der Waals surface area contributed by atoms with Crippen molar-refractivity contribution in [3.05, 3.63) is 65.5 Å². The van der Waals surface area contributed by atoms with Gasteiger partial charge in [-0.25, -0.2) is 31.1 Å². The summed E-state index contributed by atoms with van der Waals surface area (Å²) in [6.45, 7) is 0.525. The van der Waals surface area contributed by atoms with Crippen LogP contribution in [0.15, 0.2) is 47.4 Å². The highest BCUT2D eigenvalue weighted by atomic mass is 32.2. The molecule has 3 N–H and O–H groups in total. The van der Waals surface area contributed by atoms with Crippen molar-refractivity contribution in [1.29, 1.82) is 0 Å². The van der Waals surface area contributed by atoms with Crippen LogP contribution >= 0.6 is 0 Å². The summed E-state index contributed by atoms with van der Waals surface area (Å²) in [6, 6.07) is 6.98. The average molecular weight is 485 g/mol. The number of halogens is 3. The van der Waals surface area contributed by atoms with Crippen molar-refractivity contribution >= 4 is 22.0 Å². The van der Waals surface area contributed by atoms with Crippen molar-refractivity contribution in [2.24, 2.45) is 5.73 Å². The lowest BCUT2D eigenvalue weighted by atomic mass is 10.0. The summed E-state index contributed by atoms with van der Waals surface area (Å²) in [5.41, 5.74) is 5.77. The number of carbonyl (C=O) groups excluding carboxylic acids is 2. The predicted molar refractivity (Wildman–Crippen MR) is 113 cm³/mol. The smallest absolute Gasteiger partial charge is 0.331 e. The van der Waals surface area contributed by atoms with Gasteiger partial charge in [0.25, 0.3) is 10.0 Å². The van der Waals surface area contributed by atoms with E-state index in [1.54, 1.807) is 6.07 Å². The van der Waals surface area contributed by atoms with Crippen LogP contribution in [0, 0.1) is 17.5 Å². The van der Waals surface area contributed by atoms with E-state index in [0.29, 0.717) is 6.07 Å². The lowest BCUT2D eigenvalue weighted by Crippen LogP contribution is -2.54. The average Bonchev–Trinajstić information content (AvgIpc) is 2.78. The molecule has 1 aliphatic rings. The van der Waals surface area contributed by atoms with Gasteiger partial charge in [-0.3, -0.25) is 4.79 Å². The first kappa shape index (κ1) is 24.5. The molecule has 0 unspecified atom stereocenters. The summed E-state index contributed by atoms with van der Waals surface area (Å²) in [5, 5.41) is 0. The fourth-order valence-electron chi connectivity index (χ4n) is 3.43. The first-order valence-corrected chi connectivity index (χ1v) is 11.6. The van der Waals surface area contributed by atoms with Gasteiger partial charge in [-0.15, -0.1) is 0 Å². The minimum Gasteiger partial charge on any atom is -0.339 e. The number of amides is 3. The Morgan fingerprint density at radius 2 is 1.52 bits per heavy atom. The Balaban J connectivity index is 1.49. The van der Waals surface area contributed by atoms with Gasteiger partial charge in [-0.1, -0.05) is 18.2 Å². The first-order chi connectivity index (χ1) is 15.6. The van der Waals surface area contributed by atoms with Crippen molar-refractivity contribution in [2.75, 3.05) is 26.2 Å². The lowest BCUT2D eigenvalue weighted by molar-refractivity contribution is -0.132. The summed E-state index contributed by atoms with van der Waals surface area (Å²) in [7, 11) is -4.01. The van der Waals surface area contributed by atoms with E-state index in [0.717, 1.165) is 6.07 Å². The molecule has 2 aromatic rings. The number of nitrogens with one attached hydrogen (secondary N) is 1. The van der Waals surface area contributed by atoms with E-state index in [1.807, 2.05) is 4.72 Å². The SMILES string of the molecule is N[C@@H](CC(=O)N1CCN(C(=O)NS(=O)(=O)c2ccccc2)CC1)Cc1cc(F)c(F)cc1F. The van der Waals surface area contributed by atoms with Crippen LogP contribution < -0.4 is 10.5 Å². The number of urea groups is 1. The second-order valence-electron chi connectivity index (χ2n) is 7.62. The molecule has 1 fully saturated rings. The monoisotopic (exact) mass is 484 g/mol. The van der Waals surface area contributed by atoms with Crippen LogP contribution in [0.4, 0.5) is 18.0 Å². The minimum atomic E-state index is -4.01. The fraction of sp³-hybridized carbons (Fsp3) is 0.333. The molecular weight excluding hydrogens is 461 g/mol. The maximum absolute atomic E-state index is 13.8. The zero-order valence-corrected chi connectivity index (χ0v) is 18.3. The van der Waals surface area contributed by atoms with Gasteiger partial charge in [-0.2, -0.15) is 0 Å². The number of piperazine rings is 1. The summed E-state index contributed by atoms with van der Waals surface area (Å²) < 4.78 is 66.7. The number of benzene rings is 2. The van der Waals surface area contributed by atoms with Crippen LogP contribution in [0.2, 0.25) is 0 Å². The highest BCUT2D eigenvalue weighted by Gasteiger charge is 2.28. The molecule has 8 nitrogen and oxygen atoms in total. The van der Waals surface area contributed by atoms with E-state index < -0.39 is 39.5 Å². The van der Waals surface area contributed by atoms with Crippen LogP contribution in [0.5, 0.6) is 0 Å². The van der Waals surface area contributed by atoms with Gasteiger partial charge in [0.15, 0.2) is 11.6 Å². The van der Waals surface area contributed by atoms with E-state index in [2.05, 4.69) is 0 Å². The fourth-order valence-corrected chi connectivity index (χ4v) is 4.42. The van der Waals surface area contributed by atoms with Gasteiger partial charge in [0, 0.05) is 44.7 Å². The predicted octanol–water partition coefficient (Wildman–Crippen LogP) is 1.61. The molecule has 33 heavy (non-hydrogen) atoms. The molecule has 0 saturated carbocycles. The second kappa shape index (κ2) is 10.2. The molecule has 2 aromatic carbocycles. The van der Waals surface area contributed by atoms with Crippen LogP contribution in [-0.4, -0.2) is 62.4 Å². The third-order valence-corrected chi connectivity index (χ3v) is 6.54. The zero-order chi connectivity index (χ0) is 24.2. The van der Waals surface area contributed by atoms with Crippen molar-refractivity contribution in [2.45, 2.75) is 23.8 Å². The van der Waals surface area contributed by atoms with Crippen LogP contribution in [0.3, 0.4) is 0 Å². The highest BCUT2D eigenvalue weighted by molar-refractivity contribution is 7.90. The van der Waals surface area contributed by atoms with Crippen molar-refractivity contribution < 1.29 is 31.2 Å². The topological polar surface area (TPSA) is 113 Å². The zero-order valence-electron chi connectivity index (χ0n) is 17.5. The Labute approximate surface area is 189 Å². The molecule has 1 aliphatic heterocycles. The van der Waals surface area contributed by atoms with Gasteiger partial charge >= 0.3 is 6.03 Å². The molecule has 0 aliphatic carbocycles. The molecule has 0 bridgehead atoms. The van der Waals surface area contributed by atoms with Crippen LogP contribution in [-0.2, 0) is 21.2 Å². The molecule has 1 saturated heterocycles. The van der Waals surface area contributed by atoms with E-state index >= 15 is 0 Å². The Kier molecular flexibility index (Phi) is 7.59.